The summed E-state index contributed by atoms with van der Waals surface area (Å²) in [7, 11) is -2.62. The van der Waals surface area contributed by atoms with Crippen LogP contribution in [0.5, 0.6) is 0 Å². The molecule has 0 atom stereocenters. The average Bonchev–Trinajstić information content (AvgIpc) is 2.46. The topological polar surface area (TPSA) is 87.5 Å². The quantitative estimate of drug-likeness (QED) is 0.734. The molecule has 0 saturated heterocycles. The summed E-state index contributed by atoms with van der Waals surface area (Å²) in [5, 5.41) is 8.82. The van der Waals surface area contributed by atoms with Crippen LogP contribution in [0.1, 0.15) is 18.9 Å². The fourth-order valence-corrected chi connectivity index (χ4v) is 3.14. The molecule has 0 bridgehead atoms. The van der Waals surface area contributed by atoms with Crippen LogP contribution in [-0.4, -0.2) is 38.9 Å². The number of benzene rings is 1. The van der Waals surface area contributed by atoms with E-state index in [2.05, 4.69) is 4.74 Å². The van der Waals surface area contributed by atoms with Crippen molar-refractivity contribution in [3.63, 3.8) is 0 Å². The first-order valence-electron chi connectivity index (χ1n) is 6.02. The van der Waals surface area contributed by atoms with E-state index in [1.165, 1.54) is 31.4 Å². The average molecular weight is 296 g/mol. The van der Waals surface area contributed by atoms with Gasteiger partial charge in [-0.25, -0.2) is 8.42 Å². The largest absolute Gasteiger partial charge is 0.468 e. The molecule has 0 spiro atoms. The number of nitrogens with zero attached hydrogens (tertiary/aromatic N) is 2. The third-order valence-corrected chi connectivity index (χ3v) is 4.45. The Kier molecular flexibility index (Phi) is 5.67. The van der Waals surface area contributed by atoms with Gasteiger partial charge in [-0.1, -0.05) is 13.0 Å². The number of sulfonamides is 1. The second kappa shape index (κ2) is 7.03. The Morgan fingerprint density at radius 3 is 2.70 bits per heavy atom. The van der Waals surface area contributed by atoms with Gasteiger partial charge in [-0.05, 0) is 24.6 Å². The van der Waals surface area contributed by atoms with E-state index in [1.807, 2.05) is 13.0 Å². The van der Waals surface area contributed by atoms with Crippen LogP contribution < -0.4 is 0 Å². The molecule has 20 heavy (non-hydrogen) atoms. The van der Waals surface area contributed by atoms with E-state index in [0.29, 0.717) is 6.42 Å². The number of carbonyl (C=O) groups excluding carboxylic acids is 1. The van der Waals surface area contributed by atoms with Crippen LogP contribution in [0.2, 0.25) is 0 Å². The van der Waals surface area contributed by atoms with Crippen molar-refractivity contribution in [1.29, 1.82) is 5.26 Å². The summed E-state index contributed by atoms with van der Waals surface area (Å²) >= 11 is 0. The molecule has 0 aliphatic heterocycles. The maximum absolute atomic E-state index is 12.5. The summed E-state index contributed by atoms with van der Waals surface area (Å²) in [6.45, 7) is 1.67. The van der Waals surface area contributed by atoms with Gasteiger partial charge in [-0.3, -0.25) is 4.79 Å². The fraction of sp³-hybridized carbons (Fsp3) is 0.385. The third-order valence-electron chi connectivity index (χ3n) is 2.61. The van der Waals surface area contributed by atoms with E-state index in [9.17, 15) is 13.2 Å². The van der Waals surface area contributed by atoms with Crippen molar-refractivity contribution in [2.24, 2.45) is 0 Å². The van der Waals surface area contributed by atoms with Gasteiger partial charge in [0, 0.05) is 6.54 Å². The molecule has 0 radical (unpaired) electrons. The van der Waals surface area contributed by atoms with E-state index in [0.717, 1.165) is 4.31 Å². The smallest absolute Gasteiger partial charge is 0.321 e. The number of carbonyl (C=O) groups is 1. The van der Waals surface area contributed by atoms with Crippen molar-refractivity contribution >= 4 is 16.0 Å². The van der Waals surface area contributed by atoms with Crippen LogP contribution >= 0.6 is 0 Å². The molecule has 0 saturated carbocycles. The minimum Gasteiger partial charge on any atom is -0.468 e. The first-order valence-corrected chi connectivity index (χ1v) is 7.46. The molecule has 1 rings (SSSR count). The van der Waals surface area contributed by atoms with Crippen LogP contribution in [0, 0.1) is 11.3 Å². The summed E-state index contributed by atoms with van der Waals surface area (Å²) in [5.41, 5.74) is 0.251. The number of hydrogen-bond donors (Lipinski definition) is 0. The summed E-state index contributed by atoms with van der Waals surface area (Å²) in [6.07, 6.45) is 0.564. The van der Waals surface area contributed by atoms with Gasteiger partial charge in [0.2, 0.25) is 10.0 Å². The van der Waals surface area contributed by atoms with Crippen LogP contribution in [-0.2, 0) is 19.6 Å². The van der Waals surface area contributed by atoms with E-state index in [-0.39, 0.29) is 23.5 Å². The van der Waals surface area contributed by atoms with Gasteiger partial charge < -0.3 is 4.74 Å². The standard InChI is InChI=1S/C13H16N2O4S/c1-3-7-15(10-13(16)19-2)20(17,18)12-6-4-5-11(8-12)9-14/h4-6,8H,3,7,10H2,1-2H3. The number of ether oxygens (including phenoxy) is 1. The number of rotatable bonds is 6. The predicted octanol–water partition coefficient (Wildman–Crippen LogP) is 1.13. The minimum atomic E-state index is -3.82. The van der Waals surface area contributed by atoms with Gasteiger partial charge in [-0.2, -0.15) is 9.57 Å². The highest BCUT2D eigenvalue weighted by Gasteiger charge is 2.26. The van der Waals surface area contributed by atoms with Crippen molar-refractivity contribution in [2.75, 3.05) is 20.2 Å². The van der Waals surface area contributed by atoms with Gasteiger partial charge >= 0.3 is 5.97 Å². The van der Waals surface area contributed by atoms with Crippen LogP contribution in [0.4, 0.5) is 0 Å². The second-order valence-electron chi connectivity index (χ2n) is 4.05. The maximum atomic E-state index is 12.5. The molecule has 0 unspecified atom stereocenters. The van der Waals surface area contributed by atoms with E-state index < -0.39 is 16.0 Å². The normalized spacial score (nSPS) is 11.1. The Bertz CT molecular complexity index is 620. The van der Waals surface area contributed by atoms with Crippen LogP contribution in [0.3, 0.4) is 0 Å². The maximum Gasteiger partial charge on any atom is 0.321 e. The lowest BCUT2D eigenvalue weighted by Crippen LogP contribution is -2.36. The monoisotopic (exact) mass is 296 g/mol. The van der Waals surface area contributed by atoms with Gasteiger partial charge in [0.05, 0.1) is 23.6 Å². The van der Waals surface area contributed by atoms with Crippen molar-refractivity contribution in [1.82, 2.24) is 4.31 Å². The number of hydrogen-bond acceptors (Lipinski definition) is 5. The first-order chi connectivity index (χ1) is 9.45. The Morgan fingerprint density at radius 2 is 2.15 bits per heavy atom. The van der Waals surface area contributed by atoms with Crippen molar-refractivity contribution in [2.45, 2.75) is 18.2 Å². The molecule has 1 aromatic rings. The third kappa shape index (κ3) is 3.79. The summed E-state index contributed by atoms with van der Waals surface area (Å²) in [6, 6.07) is 7.58. The Balaban J connectivity index is 3.15. The van der Waals surface area contributed by atoms with E-state index in [1.54, 1.807) is 0 Å². The Morgan fingerprint density at radius 1 is 1.45 bits per heavy atom. The van der Waals surface area contributed by atoms with Crippen molar-refractivity contribution < 1.29 is 17.9 Å². The fourth-order valence-electron chi connectivity index (χ4n) is 1.62. The molecule has 1 aromatic carbocycles. The van der Waals surface area contributed by atoms with Crippen LogP contribution in [0.25, 0.3) is 0 Å². The van der Waals surface area contributed by atoms with Gasteiger partial charge in [-0.15, -0.1) is 0 Å². The summed E-state index contributed by atoms with van der Waals surface area (Å²) in [5.74, 6) is -0.626. The van der Waals surface area contributed by atoms with Gasteiger partial charge in [0.15, 0.2) is 0 Å². The van der Waals surface area contributed by atoms with Crippen molar-refractivity contribution in [3.8, 4) is 6.07 Å². The highest BCUT2D eigenvalue weighted by atomic mass is 32.2. The minimum absolute atomic E-state index is 0.00565. The zero-order valence-corrected chi connectivity index (χ0v) is 12.2. The molecule has 7 heteroatoms. The SMILES string of the molecule is CCCN(CC(=O)OC)S(=O)(=O)c1cccc(C#N)c1. The molecule has 108 valence electrons. The Labute approximate surface area is 118 Å². The van der Waals surface area contributed by atoms with Gasteiger partial charge in [0.1, 0.15) is 6.54 Å². The van der Waals surface area contributed by atoms with Crippen molar-refractivity contribution in [3.05, 3.63) is 29.8 Å². The van der Waals surface area contributed by atoms with E-state index >= 15 is 0 Å². The predicted molar refractivity (Wildman–Crippen MR) is 72.2 cm³/mol. The molecule has 0 fully saturated rings. The zero-order valence-electron chi connectivity index (χ0n) is 11.4. The second-order valence-corrected chi connectivity index (χ2v) is 5.99. The molecular formula is C13H16N2O4S. The number of nitriles is 1. The van der Waals surface area contributed by atoms with Crippen LogP contribution in [0.15, 0.2) is 29.2 Å². The lowest BCUT2D eigenvalue weighted by Gasteiger charge is -2.20. The molecule has 0 aliphatic carbocycles. The molecule has 0 N–H and O–H groups in total. The lowest BCUT2D eigenvalue weighted by atomic mass is 10.2. The molecule has 0 aromatic heterocycles. The number of methoxy groups -OCH3 is 1. The molecular weight excluding hydrogens is 280 g/mol. The first kappa shape index (κ1) is 16.1. The Hall–Kier alpha value is -1.91. The summed E-state index contributed by atoms with van der Waals surface area (Å²) < 4.78 is 30.5. The van der Waals surface area contributed by atoms with Gasteiger partial charge in [0.25, 0.3) is 0 Å². The number of esters is 1. The van der Waals surface area contributed by atoms with E-state index in [4.69, 9.17) is 5.26 Å². The zero-order chi connectivity index (χ0) is 15.2. The highest BCUT2D eigenvalue weighted by Crippen LogP contribution is 2.17. The highest BCUT2D eigenvalue weighted by molar-refractivity contribution is 7.89. The molecule has 0 aliphatic rings. The molecule has 0 amide bonds. The molecule has 6 nitrogen and oxygen atoms in total. The lowest BCUT2D eigenvalue weighted by molar-refractivity contribution is -0.140. The summed E-state index contributed by atoms with van der Waals surface area (Å²) in [4.78, 5) is 11.3. The molecule has 0 heterocycles.